The lowest BCUT2D eigenvalue weighted by molar-refractivity contribution is -0.132. The summed E-state index contributed by atoms with van der Waals surface area (Å²) < 4.78 is 5.48. The molecule has 0 bridgehead atoms. The maximum absolute atomic E-state index is 13.3. The lowest BCUT2D eigenvalue weighted by atomic mass is 9.87. The average Bonchev–Trinajstić information content (AvgIpc) is 3.21. The predicted molar refractivity (Wildman–Crippen MR) is 122 cm³/mol. The van der Waals surface area contributed by atoms with Gasteiger partial charge < -0.3 is 14.6 Å². The monoisotopic (exact) mass is 404 g/mol. The SMILES string of the molecule is CCc1cccc2c([C@@H](CC(=O)N3CCC(C)CC3)c3cccc(OC)c3)c[nH]c12. The molecule has 30 heavy (non-hydrogen) atoms. The van der Waals surface area contributed by atoms with Gasteiger partial charge in [-0.15, -0.1) is 0 Å². The lowest BCUT2D eigenvalue weighted by Gasteiger charge is -2.31. The largest absolute Gasteiger partial charge is 0.497 e. The third-order valence-corrected chi connectivity index (χ3v) is 6.60. The molecule has 1 aromatic heterocycles. The Balaban J connectivity index is 1.72. The summed E-state index contributed by atoms with van der Waals surface area (Å²) in [5, 5.41) is 1.21. The van der Waals surface area contributed by atoms with Crippen LogP contribution in [0.15, 0.2) is 48.7 Å². The summed E-state index contributed by atoms with van der Waals surface area (Å²) in [6.07, 6.45) is 5.75. The Labute approximate surface area is 179 Å². The van der Waals surface area contributed by atoms with E-state index in [0.29, 0.717) is 12.3 Å². The van der Waals surface area contributed by atoms with Crippen molar-refractivity contribution in [1.82, 2.24) is 9.88 Å². The Hall–Kier alpha value is -2.75. The number of fused-ring (bicyclic) bond motifs is 1. The number of methoxy groups -OCH3 is 1. The minimum absolute atomic E-state index is 0.00666. The molecule has 3 aromatic rings. The van der Waals surface area contributed by atoms with Gasteiger partial charge in [-0.1, -0.05) is 44.2 Å². The molecule has 2 aromatic carbocycles. The van der Waals surface area contributed by atoms with E-state index in [1.54, 1.807) is 7.11 Å². The fraction of sp³-hybridized carbons (Fsp3) is 0.423. The maximum Gasteiger partial charge on any atom is 0.223 e. The number of amides is 1. The van der Waals surface area contributed by atoms with E-state index < -0.39 is 0 Å². The van der Waals surface area contributed by atoms with Gasteiger partial charge in [0.05, 0.1) is 7.11 Å². The molecule has 1 fully saturated rings. The summed E-state index contributed by atoms with van der Waals surface area (Å²) in [7, 11) is 1.69. The van der Waals surface area contributed by atoms with Crippen molar-refractivity contribution in [1.29, 1.82) is 0 Å². The molecular weight excluding hydrogens is 372 g/mol. The first-order valence-corrected chi connectivity index (χ1v) is 11.1. The number of nitrogens with one attached hydrogen (secondary N) is 1. The fourth-order valence-electron chi connectivity index (χ4n) is 4.65. The number of benzene rings is 2. The molecule has 1 amide bonds. The van der Waals surface area contributed by atoms with Crippen LogP contribution in [0.3, 0.4) is 0 Å². The first-order chi connectivity index (χ1) is 14.6. The Morgan fingerprint density at radius 3 is 2.70 bits per heavy atom. The van der Waals surface area contributed by atoms with Gasteiger partial charge in [-0.3, -0.25) is 4.79 Å². The van der Waals surface area contributed by atoms with Crippen LogP contribution in [0.4, 0.5) is 0 Å². The number of aromatic amines is 1. The van der Waals surface area contributed by atoms with E-state index >= 15 is 0 Å². The minimum Gasteiger partial charge on any atom is -0.497 e. The van der Waals surface area contributed by atoms with Crippen molar-refractivity contribution in [2.45, 2.75) is 45.4 Å². The van der Waals surface area contributed by atoms with Gasteiger partial charge in [-0.2, -0.15) is 0 Å². The highest BCUT2D eigenvalue weighted by atomic mass is 16.5. The highest BCUT2D eigenvalue weighted by molar-refractivity contribution is 5.88. The summed E-state index contributed by atoms with van der Waals surface area (Å²) >= 11 is 0. The molecule has 4 nitrogen and oxygen atoms in total. The summed E-state index contributed by atoms with van der Waals surface area (Å²) in [4.78, 5) is 18.8. The molecule has 4 heteroatoms. The van der Waals surface area contributed by atoms with Gasteiger partial charge >= 0.3 is 0 Å². The molecule has 4 rings (SSSR count). The number of carbonyl (C=O) groups is 1. The fourth-order valence-corrected chi connectivity index (χ4v) is 4.65. The third-order valence-electron chi connectivity index (χ3n) is 6.60. The van der Waals surface area contributed by atoms with Crippen molar-refractivity contribution in [3.05, 3.63) is 65.4 Å². The third kappa shape index (κ3) is 4.09. The van der Waals surface area contributed by atoms with Crippen LogP contribution >= 0.6 is 0 Å². The van der Waals surface area contributed by atoms with Crippen LogP contribution in [0, 0.1) is 5.92 Å². The van der Waals surface area contributed by atoms with Gasteiger partial charge in [0.1, 0.15) is 5.75 Å². The van der Waals surface area contributed by atoms with Gasteiger partial charge in [0.2, 0.25) is 5.91 Å². The molecule has 0 radical (unpaired) electrons. The van der Waals surface area contributed by atoms with Crippen molar-refractivity contribution >= 4 is 16.8 Å². The van der Waals surface area contributed by atoms with Crippen molar-refractivity contribution in [3.63, 3.8) is 0 Å². The van der Waals surface area contributed by atoms with Crippen molar-refractivity contribution in [2.24, 2.45) is 5.92 Å². The Morgan fingerprint density at radius 2 is 1.97 bits per heavy atom. The van der Waals surface area contributed by atoms with E-state index in [-0.39, 0.29) is 11.8 Å². The second-order valence-electron chi connectivity index (χ2n) is 8.53. The standard InChI is InChI=1S/C26H32N2O2/c1-4-19-7-6-10-22-24(17-27-26(19)22)23(20-8-5-9-21(15-20)30-3)16-25(29)28-13-11-18(2)12-14-28/h5-10,15,17-18,23,27H,4,11-14,16H2,1-3H3/t23-/m0/s1. The van der Waals surface area contributed by atoms with E-state index in [9.17, 15) is 4.79 Å². The van der Waals surface area contributed by atoms with Crippen LogP contribution in [0.25, 0.3) is 10.9 Å². The number of piperidine rings is 1. The highest BCUT2D eigenvalue weighted by Crippen LogP contribution is 2.36. The lowest BCUT2D eigenvalue weighted by Crippen LogP contribution is -2.38. The Bertz CT molecular complexity index is 1010. The molecule has 0 aliphatic carbocycles. The summed E-state index contributed by atoms with van der Waals surface area (Å²) in [6.45, 7) is 6.20. The molecule has 0 unspecified atom stereocenters. The Morgan fingerprint density at radius 1 is 1.20 bits per heavy atom. The number of hydrogen-bond donors (Lipinski definition) is 1. The van der Waals surface area contributed by atoms with Gasteiger partial charge in [-0.05, 0) is 54.0 Å². The number of hydrogen-bond acceptors (Lipinski definition) is 2. The van der Waals surface area contributed by atoms with E-state index in [1.807, 2.05) is 12.1 Å². The number of likely N-dealkylation sites (tertiary alicyclic amines) is 1. The van der Waals surface area contributed by atoms with Crippen LogP contribution in [0.5, 0.6) is 5.75 Å². The van der Waals surface area contributed by atoms with Gasteiger partial charge in [-0.25, -0.2) is 0 Å². The molecule has 1 N–H and O–H groups in total. The van der Waals surface area contributed by atoms with Crippen LogP contribution in [-0.2, 0) is 11.2 Å². The zero-order chi connectivity index (χ0) is 21.1. The maximum atomic E-state index is 13.3. The molecule has 1 atom stereocenters. The van der Waals surface area contributed by atoms with Crippen molar-refractivity contribution in [3.8, 4) is 5.75 Å². The molecule has 2 heterocycles. The first kappa shape index (κ1) is 20.5. The number of carbonyl (C=O) groups excluding carboxylic acids is 1. The van der Waals surface area contributed by atoms with E-state index in [0.717, 1.165) is 43.7 Å². The first-order valence-electron chi connectivity index (χ1n) is 11.1. The van der Waals surface area contributed by atoms with Gasteiger partial charge in [0.15, 0.2) is 0 Å². The normalized spacial score (nSPS) is 16.0. The van der Waals surface area contributed by atoms with Crippen LogP contribution < -0.4 is 4.74 Å². The number of nitrogens with zero attached hydrogens (tertiary/aromatic N) is 1. The number of rotatable bonds is 6. The van der Waals surface area contributed by atoms with Crippen molar-refractivity contribution in [2.75, 3.05) is 20.2 Å². The summed E-state index contributed by atoms with van der Waals surface area (Å²) in [5.74, 6) is 1.78. The number of para-hydroxylation sites is 1. The quantitative estimate of drug-likeness (QED) is 0.588. The topological polar surface area (TPSA) is 45.3 Å². The van der Waals surface area contributed by atoms with Crippen LogP contribution in [-0.4, -0.2) is 36.0 Å². The zero-order valence-corrected chi connectivity index (χ0v) is 18.3. The van der Waals surface area contributed by atoms with Crippen LogP contribution in [0.2, 0.25) is 0 Å². The molecule has 158 valence electrons. The summed E-state index contributed by atoms with van der Waals surface area (Å²) in [5.41, 5.74) is 4.80. The second-order valence-corrected chi connectivity index (χ2v) is 8.53. The van der Waals surface area contributed by atoms with Crippen LogP contribution in [0.1, 0.15) is 55.7 Å². The highest BCUT2D eigenvalue weighted by Gasteiger charge is 2.27. The number of aromatic nitrogens is 1. The molecule has 0 spiro atoms. The molecule has 1 aliphatic heterocycles. The number of aryl methyl sites for hydroxylation is 1. The van der Waals surface area contributed by atoms with Crippen molar-refractivity contribution < 1.29 is 9.53 Å². The van der Waals surface area contributed by atoms with Gasteiger partial charge in [0, 0.05) is 42.5 Å². The summed E-state index contributed by atoms with van der Waals surface area (Å²) in [6, 6.07) is 14.6. The van der Waals surface area contributed by atoms with E-state index in [2.05, 4.69) is 60.3 Å². The minimum atomic E-state index is -0.00666. The smallest absolute Gasteiger partial charge is 0.223 e. The Kier molecular flexibility index (Phi) is 6.12. The number of H-pyrrole nitrogens is 1. The van der Waals surface area contributed by atoms with Gasteiger partial charge in [0.25, 0.3) is 0 Å². The predicted octanol–water partition coefficient (Wildman–Crippen LogP) is 5.52. The number of ether oxygens (including phenoxy) is 1. The van der Waals surface area contributed by atoms with E-state index in [4.69, 9.17) is 4.74 Å². The molecule has 0 saturated carbocycles. The van der Waals surface area contributed by atoms with E-state index in [1.165, 1.54) is 22.0 Å². The zero-order valence-electron chi connectivity index (χ0n) is 18.3. The molecular formula is C26H32N2O2. The molecule has 1 saturated heterocycles. The molecule has 1 aliphatic rings. The second kappa shape index (κ2) is 8.95. The average molecular weight is 405 g/mol.